The summed E-state index contributed by atoms with van der Waals surface area (Å²) in [6, 6.07) is 3.48. The van der Waals surface area contributed by atoms with Crippen molar-refractivity contribution in [2.45, 2.75) is 38.1 Å². The van der Waals surface area contributed by atoms with Crippen LogP contribution in [0.25, 0.3) is 5.65 Å². The molecule has 0 aliphatic carbocycles. The first-order valence-electron chi connectivity index (χ1n) is 9.34. The molecule has 2 amide bonds. The number of fused-ring (bicyclic) bond motifs is 1. The van der Waals surface area contributed by atoms with Crippen LogP contribution in [0.2, 0.25) is 0 Å². The zero-order valence-electron chi connectivity index (χ0n) is 15.3. The third kappa shape index (κ3) is 2.70. The summed E-state index contributed by atoms with van der Waals surface area (Å²) in [5, 5.41) is 9.22. The highest BCUT2D eigenvalue weighted by atomic mass is 19.1. The van der Waals surface area contributed by atoms with Gasteiger partial charge in [0.1, 0.15) is 11.2 Å². The van der Waals surface area contributed by atoms with Crippen LogP contribution in [-0.2, 0) is 4.79 Å². The van der Waals surface area contributed by atoms with Crippen LogP contribution in [0.1, 0.15) is 41.7 Å². The lowest BCUT2D eigenvalue weighted by molar-refractivity contribution is -0.146. The largest absolute Gasteiger partial charge is 0.395 e. The van der Waals surface area contributed by atoms with E-state index in [-0.39, 0.29) is 24.8 Å². The van der Waals surface area contributed by atoms with Gasteiger partial charge < -0.3 is 14.9 Å². The smallest absolute Gasteiger partial charge is 0.278 e. The molecule has 1 atom stereocenters. The number of rotatable bonds is 3. The van der Waals surface area contributed by atoms with E-state index in [1.165, 1.54) is 9.30 Å². The van der Waals surface area contributed by atoms with Crippen molar-refractivity contribution in [3.05, 3.63) is 35.5 Å². The molecule has 2 aliphatic rings. The van der Waals surface area contributed by atoms with Crippen molar-refractivity contribution >= 4 is 17.5 Å². The Labute approximate surface area is 156 Å². The molecule has 27 heavy (non-hydrogen) atoms. The SMILES string of the molecule is Cc1ccc2nc(C(=O)N3CCCC34CCCN(CCO)C4=O)c(F)n2c1. The Bertz CT molecular complexity index is 910. The molecular formula is C19H23FN4O3. The number of halogens is 1. The number of aromatic nitrogens is 2. The van der Waals surface area contributed by atoms with Crippen molar-refractivity contribution in [2.75, 3.05) is 26.2 Å². The number of pyridine rings is 1. The number of carbonyl (C=O) groups is 2. The molecule has 0 bridgehead atoms. The van der Waals surface area contributed by atoms with E-state index in [9.17, 15) is 19.1 Å². The van der Waals surface area contributed by atoms with E-state index in [1.54, 1.807) is 17.2 Å². The molecule has 2 aromatic rings. The van der Waals surface area contributed by atoms with Gasteiger partial charge in [-0.1, -0.05) is 6.07 Å². The molecule has 2 aliphatic heterocycles. The van der Waals surface area contributed by atoms with Crippen LogP contribution in [0.5, 0.6) is 0 Å². The van der Waals surface area contributed by atoms with E-state index < -0.39 is 17.4 Å². The molecule has 1 spiro atoms. The molecule has 8 heteroatoms. The molecule has 4 heterocycles. The van der Waals surface area contributed by atoms with Crippen LogP contribution in [0.3, 0.4) is 0 Å². The standard InChI is InChI=1S/C19H23FN4O3/c1-13-4-5-14-21-15(16(20)23(14)12-13)17(26)24-9-3-7-19(24)6-2-8-22(10-11-25)18(19)27/h4-5,12,25H,2-3,6-11H2,1H3. The van der Waals surface area contributed by atoms with Gasteiger partial charge in [-0.3, -0.25) is 14.0 Å². The van der Waals surface area contributed by atoms with E-state index in [0.717, 1.165) is 12.0 Å². The third-order valence-corrected chi connectivity index (χ3v) is 5.72. The van der Waals surface area contributed by atoms with E-state index >= 15 is 0 Å². The quantitative estimate of drug-likeness (QED) is 0.880. The minimum Gasteiger partial charge on any atom is -0.395 e. The summed E-state index contributed by atoms with van der Waals surface area (Å²) in [5.41, 5.74) is 0.0425. The Hall–Kier alpha value is -2.48. The zero-order chi connectivity index (χ0) is 19.2. The maximum Gasteiger partial charge on any atom is 0.278 e. The van der Waals surface area contributed by atoms with Crippen molar-refractivity contribution in [2.24, 2.45) is 0 Å². The van der Waals surface area contributed by atoms with Crippen LogP contribution in [-0.4, -0.2) is 67.9 Å². The van der Waals surface area contributed by atoms with Crippen LogP contribution in [0.4, 0.5) is 4.39 Å². The molecule has 1 unspecified atom stereocenters. The van der Waals surface area contributed by atoms with Crippen LogP contribution in [0, 0.1) is 12.9 Å². The highest BCUT2D eigenvalue weighted by Gasteiger charge is 2.53. The second-order valence-electron chi connectivity index (χ2n) is 7.40. The van der Waals surface area contributed by atoms with Gasteiger partial charge in [-0.05, 0) is 44.2 Å². The number of piperidine rings is 1. The summed E-state index contributed by atoms with van der Waals surface area (Å²) >= 11 is 0. The molecule has 1 N–H and O–H groups in total. The monoisotopic (exact) mass is 374 g/mol. The number of hydrogen-bond acceptors (Lipinski definition) is 4. The number of hydrogen-bond donors (Lipinski definition) is 1. The first kappa shape index (κ1) is 17.9. The molecule has 7 nitrogen and oxygen atoms in total. The summed E-state index contributed by atoms with van der Waals surface area (Å²) in [5.74, 6) is -1.38. The molecule has 4 rings (SSSR count). The fourth-order valence-electron chi connectivity index (χ4n) is 4.44. The molecule has 2 fully saturated rings. The van der Waals surface area contributed by atoms with E-state index in [1.807, 2.05) is 13.0 Å². The lowest BCUT2D eigenvalue weighted by Crippen LogP contribution is -2.61. The minimum absolute atomic E-state index is 0.115. The normalized spacial score (nSPS) is 23.0. The van der Waals surface area contributed by atoms with Crippen molar-refractivity contribution in [3.63, 3.8) is 0 Å². The van der Waals surface area contributed by atoms with Gasteiger partial charge in [0.25, 0.3) is 5.91 Å². The van der Waals surface area contributed by atoms with E-state index in [2.05, 4.69) is 4.98 Å². The summed E-state index contributed by atoms with van der Waals surface area (Å²) in [7, 11) is 0. The summed E-state index contributed by atoms with van der Waals surface area (Å²) in [6.07, 6.45) is 4.17. The Morgan fingerprint density at radius 3 is 2.78 bits per heavy atom. The highest BCUT2D eigenvalue weighted by molar-refractivity contribution is 5.99. The van der Waals surface area contributed by atoms with Crippen molar-refractivity contribution in [3.8, 4) is 0 Å². The van der Waals surface area contributed by atoms with Gasteiger partial charge >= 0.3 is 0 Å². The van der Waals surface area contributed by atoms with Gasteiger partial charge in [-0.15, -0.1) is 0 Å². The summed E-state index contributed by atoms with van der Waals surface area (Å²) in [4.78, 5) is 33.6. The molecule has 0 aromatic carbocycles. The Kier molecular flexibility index (Phi) is 4.38. The van der Waals surface area contributed by atoms with Gasteiger partial charge in [-0.2, -0.15) is 4.39 Å². The maximum atomic E-state index is 14.9. The van der Waals surface area contributed by atoms with E-state index in [4.69, 9.17) is 0 Å². The topological polar surface area (TPSA) is 78.2 Å². The summed E-state index contributed by atoms with van der Waals surface area (Å²) < 4.78 is 16.2. The average Bonchev–Trinajstić information content (AvgIpc) is 3.21. The van der Waals surface area contributed by atoms with Gasteiger partial charge in [0, 0.05) is 25.8 Å². The van der Waals surface area contributed by atoms with Crippen molar-refractivity contribution < 1.29 is 19.1 Å². The second kappa shape index (κ2) is 6.60. The predicted molar refractivity (Wildman–Crippen MR) is 95.8 cm³/mol. The lowest BCUT2D eigenvalue weighted by Gasteiger charge is -2.44. The van der Waals surface area contributed by atoms with Gasteiger partial charge in [0.05, 0.1) is 6.61 Å². The van der Waals surface area contributed by atoms with E-state index in [0.29, 0.717) is 38.0 Å². The van der Waals surface area contributed by atoms with Crippen LogP contribution >= 0.6 is 0 Å². The van der Waals surface area contributed by atoms with Gasteiger partial charge in [-0.25, -0.2) is 4.98 Å². The Balaban J connectivity index is 1.71. The van der Waals surface area contributed by atoms with Gasteiger partial charge in [0.2, 0.25) is 11.9 Å². The third-order valence-electron chi connectivity index (χ3n) is 5.72. The van der Waals surface area contributed by atoms with Gasteiger partial charge in [0.15, 0.2) is 5.69 Å². The Morgan fingerprint density at radius 2 is 2.04 bits per heavy atom. The second-order valence-corrected chi connectivity index (χ2v) is 7.40. The average molecular weight is 374 g/mol. The van der Waals surface area contributed by atoms with Crippen LogP contribution in [0.15, 0.2) is 18.3 Å². The fraction of sp³-hybridized carbons (Fsp3) is 0.526. The number of aliphatic hydroxyl groups is 1. The number of imidazole rings is 1. The summed E-state index contributed by atoms with van der Waals surface area (Å²) in [6.45, 7) is 2.96. The molecule has 2 aromatic heterocycles. The highest BCUT2D eigenvalue weighted by Crippen LogP contribution is 2.39. The number of likely N-dealkylation sites (tertiary alicyclic amines) is 2. The van der Waals surface area contributed by atoms with Crippen molar-refractivity contribution in [1.29, 1.82) is 0 Å². The number of aliphatic hydroxyl groups excluding tert-OH is 1. The predicted octanol–water partition coefficient (Wildman–Crippen LogP) is 1.37. The molecule has 0 radical (unpaired) electrons. The zero-order valence-corrected chi connectivity index (χ0v) is 15.3. The Morgan fingerprint density at radius 1 is 1.30 bits per heavy atom. The molecular weight excluding hydrogens is 351 g/mol. The van der Waals surface area contributed by atoms with Crippen molar-refractivity contribution in [1.82, 2.24) is 19.2 Å². The number of carbonyl (C=O) groups excluding carboxylic acids is 2. The molecule has 0 saturated carbocycles. The minimum atomic E-state index is -0.942. The maximum absolute atomic E-state index is 14.9. The fourth-order valence-corrected chi connectivity index (χ4v) is 4.44. The van der Waals surface area contributed by atoms with Crippen LogP contribution < -0.4 is 0 Å². The lowest BCUT2D eigenvalue weighted by atomic mass is 9.85. The number of β-amino-alcohol motifs (C(OH)–C–C–N with tert-alkyl or cyclic N) is 1. The first-order valence-corrected chi connectivity index (χ1v) is 9.34. The number of amides is 2. The first-order chi connectivity index (χ1) is 13.0. The molecule has 144 valence electrons. The number of nitrogens with zero attached hydrogens (tertiary/aromatic N) is 4. The number of aryl methyl sites for hydroxylation is 1. The molecule has 2 saturated heterocycles.